The van der Waals surface area contributed by atoms with E-state index in [2.05, 4.69) is 20.9 Å². The van der Waals surface area contributed by atoms with Gasteiger partial charge < -0.3 is 47.7 Å². The maximum absolute atomic E-state index is 13.2. The lowest BCUT2D eigenvalue weighted by Crippen LogP contribution is -2.58. The molecule has 0 aliphatic rings. The molecule has 11 N–H and O–H groups in total. The van der Waals surface area contributed by atoms with Crippen LogP contribution < -0.4 is 27.4 Å². The highest BCUT2D eigenvalue weighted by Crippen LogP contribution is 2.19. The zero-order chi connectivity index (χ0) is 28.2. The minimum absolute atomic E-state index is 0.0403. The molecule has 0 bridgehead atoms. The van der Waals surface area contributed by atoms with Gasteiger partial charge in [0, 0.05) is 23.5 Å². The first kappa shape index (κ1) is 30.2. The molecular formula is C24H34N6O8. The fraction of sp³-hybridized carbons (Fsp3) is 0.458. The Kier molecular flexibility index (Phi) is 11.7. The fourth-order valence-corrected chi connectivity index (χ4v) is 3.78. The molecule has 2 rings (SSSR count). The molecule has 0 fully saturated rings. The topological polar surface area (TPSA) is 250 Å². The number of carbonyl (C=O) groups excluding carboxylic acids is 3. The summed E-state index contributed by atoms with van der Waals surface area (Å²) in [6.45, 7) is -0.500. The van der Waals surface area contributed by atoms with Gasteiger partial charge in [-0.05, 0) is 37.4 Å². The number of hydrogen-bond acceptors (Lipinski definition) is 8. The SMILES string of the molecule is NCCCCC(NC(=O)C(Cc1c[nH]c2ccccc12)NC(=O)C(CO)NC(=O)C(N)CC(=O)O)C(=O)O. The second-order valence-electron chi connectivity index (χ2n) is 8.76. The molecule has 14 nitrogen and oxygen atoms in total. The molecule has 0 spiro atoms. The second-order valence-corrected chi connectivity index (χ2v) is 8.76. The number of carboxylic acids is 2. The smallest absolute Gasteiger partial charge is 0.326 e. The van der Waals surface area contributed by atoms with Crippen LogP contribution in [-0.4, -0.2) is 87.3 Å². The third-order valence-corrected chi connectivity index (χ3v) is 5.84. The Labute approximate surface area is 218 Å². The van der Waals surface area contributed by atoms with Gasteiger partial charge in [0.1, 0.15) is 18.1 Å². The average Bonchev–Trinajstić information content (AvgIpc) is 3.28. The van der Waals surface area contributed by atoms with E-state index in [9.17, 15) is 34.2 Å². The van der Waals surface area contributed by atoms with Crippen LogP contribution in [0.5, 0.6) is 0 Å². The molecule has 0 saturated heterocycles. The summed E-state index contributed by atoms with van der Waals surface area (Å²) < 4.78 is 0. The van der Waals surface area contributed by atoms with Crippen LogP contribution in [0.4, 0.5) is 0 Å². The standard InChI is InChI=1S/C24H34N6O8/c25-8-4-3-7-17(24(37)38)28-22(35)18(9-13-11-27-16-6-2-1-5-14(13)16)29-23(36)19(12-31)30-21(34)15(26)10-20(32)33/h1-2,5-6,11,15,17-19,27,31H,3-4,7-10,12,25-26H2,(H,28,35)(H,29,36)(H,30,34)(H,32,33)(H,37,38). The third-order valence-electron chi connectivity index (χ3n) is 5.84. The zero-order valence-electron chi connectivity index (χ0n) is 20.7. The van der Waals surface area contributed by atoms with Gasteiger partial charge >= 0.3 is 11.9 Å². The summed E-state index contributed by atoms with van der Waals surface area (Å²) in [5.41, 5.74) is 12.4. The third kappa shape index (κ3) is 8.83. The van der Waals surface area contributed by atoms with Crippen LogP contribution in [0.2, 0.25) is 0 Å². The highest BCUT2D eigenvalue weighted by Gasteiger charge is 2.31. The number of para-hydroxylation sites is 1. The minimum atomic E-state index is -1.54. The maximum Gasteiger partial charge on any atom is 0.326 e. The number of aromatic amines is 1. The first-order chi connectivity index (χ1) is 18.1. The quantitative estimate of drug-likeness (QED) is 0.109. The number of unbranched alkanes of at least 4 members (excludes halogenated alkanes) is 1. The van der Waals surface area contributed by atoms with Crippen LogP contribution in [0.25, 0.3) is 10.9 Å². The number of nitrogens with one attached hydrogen (secondary N) is 4. The number of aliphatic hydroxyl groups excluding tert-OH is 1. The maximum atomic E-state index is 13.2. The molecule has 1 aromatic carbocycles. The molecular weight excluding hydrogens is 500 g/mol. The van der Waals surface area contributed by atoms with Gasteiger partial charge in [0.15, 0.2) is 0 Å². The van der Waals surface area contributed by atoms with Gasteiger partial charge in [0.2, 0.25) is 17.7 Å². The van der Waals surface area contributed by atoms with E-state index in [1.54, 1.807) is 12.3 Å². The molecule has 2 aromatic rings. The van der Waals surface area contributed by atoms with Crippen LogP contribution in [-0.2, 0) is 30.4 Å². The van der Waals surface area contributed by atoms with Gasteiger partial charge in [-0.15, -0.1) is 0 Å². The molecule has 38 heavy (non-hydrogen) atoms. The van der Waals surface area contributed by atoms with E-state index in [0.29, 0.717) is 24.9 Å². The monoisotopic (exact) mass is 534 g/mol. The Hall–Kier alpha value is -4.01. The van der Waals surface area contributed by atoms with Crippen LogP contribution >= 0.6 is 0 Å². The van der Waals surface area contributed by atoms with Gasteiger partial charge in [0.25, 0.3) is 0 Å². The fourth-order valence-electron chi connectivity index (χ4n) is 3.78. The number of nitrogens with two attached hydrogens (primary N) is 2. The Balaban J connectivity index is 2.24. The van der Waals surface area contributed by atoms with E-state index in [1.165, 1.54) is 0 Å². The van der Waals surface area contributed by atoms with Gasteiger partial charge in [0.05, 0.1) is 19.1 Å². The van der Waals surface area contributed by atoms with Crippen molar-refractivity contribution in [3.8, 4) is 0 Å². The zero-order valence-corrected chi connectivity index (χ0v) is 20.7. The summed E-state index contributed by atoms with van der Waals surface area (Å²) in [4.78, 5) is 63.9. The average molecular weight is 535 g/mol. The van der Waals surface area contributed by atoms with Crippen molar-refractivity contribution < 1.29 is 39.3 Å². The largest absolute Gasteiger partial charge is 0.481 e. The number of aliphatic hydroxyl groups is 1. The van der Waals surface area contributed by atoms with Crippen molar-refractivity contribution in [2.75, 3.05) is 13.2 Å². The van der Waals surface area contributed by atoms with Gasteiger partial charge in [-0.1, -0.05) is 18.2 Å². The predicted octanol–water partition coefficient (Wildman–Crippen LogP) is -1.83. The first-order valence-corrected chi connectivity index (χ1v) is 12.0. The minimum Gasteiger partial charge on any atom is -0.481 e. The Morgan fingerprint density at radius 3 is 2.16 bits per heavy atom. The molecule has 0 aliphatic carbocycles. The molecule has 0 aliphatic heterocycles. The number of aliphatic carboxylic acids is 2. The van der Waals surface area contributed by atoms with Crippen LogP contribution in [0, 0.1) is 0 Å². The van der Waals surface area contributed by atoms with Crippen molar-refractivity contribution in [2.45, 2.75) is 56.3 Å². The van der Waals surface area contributed by atoms with Gasteiger partial charge in [-0.3, -0.25) is 19.2 Å². The summed E-state index contributed by atoms with van der Waals surface area (Å²) >= 11 is 0. The molecule has 208 valence electrons. The van der Waals surface area contributed by atoms with Crippen LogP contribution in [0.15, 0.2) is 30.5 Å². The Morgan fingerprint density at radius 2 is 1.53 bits per heavy atom. The lowest BCUT2D eigenvalue weighted by atomic mass is 10.0. The van der Waals surface area contributed by atoms with Crippen molar-refractivity contribution in [1.82, 2.24) is 20.9 Å². The number of amides is 3. The van der Waals surface area contributed by atoms with Crippen molar-refractivity contribution in [1.29, 1.82) is 0 Å². The van der Waals surface area contributed by atoms with E-state index in [1.807, 2.05) is 18.2 Å². The second kappa shape index (κ2) is 14.7. The van der Waals surface area contributed by atoms with Gasteiger partial charge in [-0.2, -0.15) is 0 Å². The normalized spacial score (nSPS) is 14.2. The highest BCUT2D eigenvalue weighted by atomic mass is 16.4. The van der Waals surface area contributed by atoms with Crippen molar-refractivity contribution in [3.63, 3.8) is 0 Å². The lowest BCUT2D eigenvalue weighted by molar-refractivity contribution is -0.142. The molecule has 4 atom stereocenters. The number of aromatic nitrogens is 1. The number of fused-ring (bicyclic) bond motifs is 1. The number of benzene rings is 1. The molecule has 3 amide bonds. The number of hydrogen-bond donors (Lipinski definition) is 9. The summed E-state index contributed by atoms with van der Waals surface area (Å²) in [7, 11) is 0. The van der Waals surface area contributed by atoms with E-state index >= 15 is 0 Å². The van der Waals surface area contributed by atoms with Gasteiger partial charge in [-0.25, -0.2) is 4.79 Å². The van der Waals surface area contributed by atoms with E-state index < -0.39 is 66.9 Å². The van der Waals surface area contributed by atoms with Crippen molar-refractivity contribution in [3.05, 3.63) is 36.0 Å². The van der Waals surface area contributed by atoms with Crippen LogP contribution in [0.1, 0.15) is 31.2 Å². The number of carboxylic acid groups (broad SMARTS) is 2. The molecule has 14 heteroatoms. The summed E-state index contributed by atoms with van der Waals surface area (Å²) in [6, 6.07) is 1.73. The summed E-state index contributed by atoms with van der Waals surface area (Å²) in [5.74, 6) is -5.29. The lowest BCUT2D eigenvalue weighted by Gasteiger charge is -2.24. The predicted molar refractivity (Wildman–Crippen MR) is 136 cm³/mol. The number of H-pyrrole nitrogens is 1. The van der Waals surface area contributed by atoms with Crippen LogP contribution in [0.3, 0.4) is 0 Å². The van der Waals surface area contributed by atoms with E-state index in [0.717, 1.165) is 10.9 Å². The molecule has 1 aromatic heterocycles. The Morgan fingerprint density at radius 1 is 0.895 bits per heavy atom. The first-order valence-electron chi connectivity index (χ1n) is 12.0. The summed E-state index contributed by atoms with van der Waals surface area (Å²) in [5, 5.41) is 35.9. The summed E-state index contributed by atoms with van der Waals surface area (Å²) in [6.07, 6.45) is 2.07. The van der Waals surface area contributed by atoms with Crippen molar-refractivity contribution >= 4 is 40.6 Å². The van der Waals surface area contributed by atoms with E-state index in [4.69, 9.17) is 16.6 Å². The Bertz CT molecular complexity index is 1140. The number of rotatable bonds is 16. The highest BCUT2D eigenvalue weighted by molar-refractivity contribution is 5.95. The van der Waals surface area contributed by atoms with E-state index in [-0.39, 0.29) is 12.8 Å². The molecule has 0 radical (unpaired) electrons. The number of carbonyl (C=O) groups is 5. The van der Waals surface area contributed by atoms with Crippen molar-refractivity contribution in [2.24, 2.45) is 11.5 Å². The molecule has 0 saturated carbocycles. The molecule has 1 heterocycles. The molecule has 4 unspecified atom stereocenters.